The average molecular weight is 200 g/mol. The molecule has 0 amide bonds. The average Bonchev–Trinajstić information content (AvgIpc) is 2.63. The molecule has 3 heteroatoms. The summed E-state index contributed by atoms with van der Waals surface area (Å²) in [6.45, 7) is 6.87. The Morgan fingerprint density at radius 2 is 2.36 bits per heavy atom. The van der Waals surface area contributed by atoms with Crippen LogP contribution >= 0.6 is 0 Å². The number of hydrogen-bond donors (Lipinski definition) is 1. The summed E-state index contributed by atoms with van der Waals surface area (Å²) in [5.74, 6) is 0.768. The van der Waals surface area contributed by atoms with Gasteiger partial charge in [-0.2, -0.15) is 0 Å². The molecule has 2 unspecified atom stereocenters. The Balaban J connectivity index is 2.09. The highest BCUT2D eigenvalue weighted by atomic mass is 16.5. The fourth-order valence-electron chi connectivity index (χ4n) is 2.01. The largest absolute Gasteiger partial charge is 0.384 e. The third-order valence-corrected chi connectivity index (χ3v) is 3.14. The lowest BCUT2D eigenvalue weighted by Gasteiger charge is -2.18. The first-order valence-electron chi connectivity index (χ1n) is 5.64. The van der Waals surface area contributed by atoms with Gasteiger partial charge in [-0.1, -0.05) is 0 Å². The summed E-state index contributed by atoms with van der Waals surface area (Å²) in [5, 5.41) is 3.27. The van der Waals surface area contributed by atoms with Crippen molar-refractivity contribution in [3.05, 3.63) is 0 Å². The fourth-order valence-corrected chi connectivity index (χ4v) is 2.01. The maximum Gasteiger partial charge on any atom is 0.0503 e. The molecule has 1 heterocycles. The third-order valence-electron chi connectivity index (χ3n) is 3.14. The Morgan fingerprint density at radius 1 is 1.57 bits per heavy atom. The molecule has 0 aromatic rings. The van der Waals surface area contributed by atoms with E-state index in [1.807, 2.05) is 7.05 Å². The molecule has 14 heavy (non-hydrogen) atoms. The van der Waals surface area contributed by atoms with Gasteiger partial charge in [-0.05, 0) is 45.8 Å². The molecule has 3 nitrogen and oxygen atoms in total. The molecule has 0 aromatic carbocycles. The molecule has 0 saturated carbocycles. The van der Waals surface area contributed by atoms with E-state index in [4.69, 9.17) is 4.74 Å². The molecule has 1 N–H and O–H groups in total. The van der Waals surface area contributed by atoms with Crippen LogP contribution in [-0.2, 0) is 4.74 Å². The van der Waals surface area contributed by atoms with E-state index in [-0.39, 0.29) is 0 Å². The number of methoxy groups -OCH3 is 1. The summed E-state index contributed by atoms with van der Waals surface area (Å²) in [7, 11) is 3.83. The van der Waals surface area contributed by atoms with E-state index >= 15 is 0 Å². The van der Waals surface area contributed by atoms with Crippen molar-refractivity contribution < 1.29 is 4.74 Å². The maximum absolute atomic E-state index is 5.18. The molecule has 2 atom stereocenters. The topological polar surface area (TPSA) is 24.5 Å². The Kier molecular flexibility index (Phi) is 5.45. The molecular formula is C11H24N2O. The quantitative estimate of drug-likeness (QED) is 0.691. The Bertz CT molecular complexity index is 152. The van der Waals surface area contributed by atoms with E-state index in [9.17, 15) is 0 Å². The van der Waals surface area contributed by atoms with Gasteiger partial charge in [0, 0.05) is 19.7 Å². The molecule has 0 aromatic heterocycles. The van der Waals surface area contributed by atoms with E-state index < -0.39 is 0 Å². The molecule has 1 rings (SSSR count). The van der Waals surface area contributed by atoms with Crippen molar-refractivity contribution in [2.45, 2.75) is 25.8 Å². The molecule has 1 aliphatic rings. The van der Waals surface area contributed by atoms with Gasteiger partial charge in [0.25, 0.3) is 0 Å². The maximum atomic E-state index is 5.18. The molecule has 1 saturated heterocycles. The van der Waals surface area contributed by atoms with Gasteiger partial charge in [0.15, 0.2) is 0 Å². The first-order chi connectivity index (χ1) is 6.76. The van der Waals surface area contributed by atoms with E-state index in [1.165, 1.54) is 32.5 Å². The zero-order chi connectivity index (χ0) is 10.4. The van der Waals surface area contributed by atoms with Crippen LogP contribution in [0.5, 0.6) is 0 Å². The smallest absolute Gasteiger partial charge is 0.0503 e. The molecule has 1 aliphatic heterocycles. The molecule has 1 fully saturated rings. The van der Waals surface area contributed by atoms with Gasteiger partial charge < -0.3 is 15.0 Å². The van der Waals surface area contributed by atoms with Gasteiger partial charge in [0.05, 0.1) is 6.61 Å². The molecule has 0 radical (unpaired) electrons. The van der Waals surface area contributed by atoms with Crippen molar-refractivity contribution in [2.75, 3.05) is 40.4 Å². The summed E-state index contributed by atoms with van der Waals surface area (Å²) in [5.41, 5.74) is 0. The van der Waals surface area contributed by atoms with Crippen LogP contribution in [0.3, 0.4) is 0 Å². The van der Waals surface area contributed by atoms with Crippen LogP contribution in [0, 0.1) is 5.92 Å². The SMILES string of the molecule is CNC(C)CCN1CCC(COC)C1. The second kappa shape index (κ2) is 6.38. The molecule has 0 bridgehead atoms. The molecular weight excluding hydrogens is 176 g/mol. The first-order valence-corrected chi connectivity index (χ1v) is 5.64. The zero-order valence-electron chi connectivity index (χ0n) is 9.75. The van der Waals surface area contributed by atoms with Crippen molar-refractivity contribution in [1.82, 2.24) is 10.2 Å². The summed E-state index contributed by atoms with van der Waals surface area (Å²) in [6, 6.07) is 0.636. The van der Waals surface area contributed by atoms with Crippen LogP contribution in [0.1, 0.15) is 19.8 Å². The normalized spacial score (nSPS) is 25.5. The fraction of sp³-hybridized carbons (Fsp3) is 1.00. The van der Waals surface area contributed by atoms with Gasteiger partial charge in [-0.25, -0.2) is 0 Å². The standard InChI is InChI=1S/C11H24N2O/c1-10(12-2)4-6-13-7-5-11(8-13)9-14-3/h10-12H,4-9H2,1-3H3. The van der Waals surface area contributed by atoms with E-state index in [0.29, 0.717) is 6.04 Å². The highest BCUT2D eigenvalue weighted by Gasteiger charge is 2.21. The van der Waals surface area contributed by atoms with Gasteiger partial charge in [0.2, 0.25) is 0 Å². The number of likely N-dealkylation sites (tertiary alicyclic amines) is 1. The third kappa shape index (κ3) is 3.95. The number of nitrogens with one attached hydrogen (secondary N) is 1. The lowest BCUT2D eigenvalue weighted by Crippen LogP contribution is -2.29. The first kappa shape index (κ1) is 12.0. The highest BCUT2D eigenvalue weighted by Crippen LogP contribution is 2.16. The Morgan fingerprint density at radius 3 is 3.00 bits per heavy atom. The monoisotopic (exact) mass is 200 g/mol. The Hall–Kier alpha value is -0.120. The van der Waals surface area contributed by atoms with Gasteiger partial charge in [-0.3, -0.25) is 0 Å². The van der Waals surface area contributed by atoms with Crippen LogP contribution in [-0.4, -0.2) is 51.3 Å². The van der Waals surface area contributed by atoms with Crippen molar-refractivity contribution in [1.29, 1.82) is 0 Å². The predicted molar refractivity (Wildman–Crippen MR) is 59.6 cm³/mol. The zero-order valence-corrected chi connectivity index (χ0v) is 9.75. The summed E-state index contributed by atoms with van der Waals surface area (Å²) >= 11 is 0. The number of nitrogens with zero attached hydrogens (tertiary/aromatic N) is 1. The van der Waals surface area contributed by atoms with E-state index in [2.05, 4.69) is 17.1 Å². The molecule has 0 aliphatic carbocycles. The number of rotatable bonds is 6. The molecule has 0 spiro atoms. The Labute approximate surface area is 87.8 Å². The summed E-state index contributed by atoms with van der Waals surface area (Å²) < 4.78 is 5.18. The van der Waals surface area contributed by atoms with Crippen molar-refractivity contribution in [3.63, 3.8) is 0 Å². The van der Waals surface area contributed by atoms with Crippen molar-refractivity contribution in [2.24, 2.45) is 5.92 Å². The summed E-state index contributed by atoms with van der Waals surface area (Å²) in [6.07, 6.45) is 2.55. The lowest BCUT2D eigenvalue weighted by atomic mass is 10.1. The minimum absolute atomic E-state index is 0.636. The number of hydrogen-bond acceptors (Lipinski definition) is 3. The second-order valence-corrected chi connectivity index (χ2v) is 4.39. The summed E-state index contributed by atoms with van der Waals surface area (Å²) in [4.78, 5) is 2.55. The van der Waals surface area contributed by atoms with Crippen LogP contribution in [0.25, 0.3) is 0 Å². The second-order valence-electron chi connectivity index (χ2n) is 4.39. The molecule has 84 valence electrons. The van der Waals surface area contributed by atoms with Gasteiger partial charge >= 0.3 is 0 Å². The van der Waals surface area contributed by atoms with E-state index in [1.54, 1.807) is 7.11 Å². The number of ether oxygens (including phenoxy) is 1. The van der Waals surface area contributed by atoms with Crippen LogP contribution in [0.15, 0.2) is 0 Å². The lowest BCUT2D eigenvalue weighted by molar-refractivity contribution is 0.153. The predicted octanol–water partition coefficient (Wildman–Crippen LogP) is 0.953. The van der Waals surface area contributed by atoms with E-state index in [0.717, 1.165) is 12.5 Å². The van der Waals surface area contributed by atoms with Crippen LogP contribution in [0.4, 0.5) is 0 Å². The minimum atomic E-state index is 0.636. The minimum Gasteiger partial charge on any atom is -0.384 e. The highest BCUT2D eigenvalue weighted by molar-refractivity contribution is 4.76. The van der Waals surface area contributed by atoms with Crippen LogP contribution in [0.2, 0.25) is 0 Å². The van der Waals surface area contributed by atoms with Gasteiger partial charge in [0.1, 0.15) is 0 Å². The van der Waals surface area contributed by atoms with Crippen molar-refractivity contribution >= 4 is 0 Å². The van der Waals surface area contributed by atoms with Gasteiger partial charge in [-0.15, -0.1) is 0 Å². The van der Waals surface area contributed by atoms with Crippen molar-refractivity contribution in [3.8, 4) is 0 Å². The van der Waals surface area contributed by atoms with Crippen LogP contribution < -0.4 is 5.32 Å².